The summed E-state index contributed by atoms with van der Waals surface area (Å²) in [5.74, 6) is 0.0242. The Morgan fingerprint density at radius 3 is 2.36 bits per heavy atom. The lowest BCUT2D eigenvalue weighted by Gasteiger charge is -2.37. The minimum Gasteiger partial charge on any atom is -0.367 e. The number of nitrogens with one attached hydrogen (secondary N) is 1. The van der Waals surface area contributed by atoms with Crippen LogP contribution in [0.25, 0.3) is 11.3 Å². The molecule has 0 radical (unpaired) electrons. The van der Waals surface area contributed by atoms with Gasteiger partial charge in [0, 0.05) is 43.1 Å². The summed E-state index contributed by atoms with van der Waals surface area (Å²) in [4.78, 5) is 11.0. The van der Waals surface area contributed by atoms with E-state index in [2.05, 4.69) is 15.3 Å². The van der Waals surface area contributed by atoms with Gasteiger partial charge in [-0.05, 0) is 95.3 Å². The molecule has 0 bridgehead atoms. The maximum Gasteiger partial charge on any atom is 0.243 e. The minimum absolute atomic E-state index is 0.159. The van der Waals surface area contributed by atoms with E-state index in [0.29, 0.717) is 49.8 Å². The number of piperidine rings is 1. The Labute approximate surface area is 229 Å². The number of halogens is 1. The van der Waals surface area contributed by atoms with Gasteiger partial charge in [0.05, 0.1) is 16.2 Å². The quantitative estimate of drug-likeness (QED) is 0.376. The highest BCUT2D eigenvalue weighted by atomic mass is 32.2. The lowest BCUT2D eigenvalue weighted by atomic mass is 10.1. The molecule has 1 unspecified atom stereocenters. The van der Waals surface area contributed by atoms with Crippen LogP contribution in [0.15, 0.2) is 65.7 Å². The van der Waals surface area contributed by atoms with Gasteiger partial charge in [-0.25, -0.2) is 22.8 Å². The first-order chi connectivity index (χ1) is 18.4. The molecule has 39 heavy (non-hydrogen) atoms. The van der Waals surface area contributed by atoms with Crippen LogP contribution in [-0.4, -0.2) is 77.3 Å². The van der Waals surface area contributed by atoms with Gasteiger partial charge in [0.2, 0.25) is 16.0 Å². The molecule has 2 N–H and O–H groups in total. The normalized spacial score (nSPS) is 16.4. The van der Waals surface area contributed by atoms with Crippen LogP contribution in [0.3, 0.4) is 0 Å². The van der Waals surface area contributed by atoms with Gasteiger partial charge < -0.3 is 15.2 Å². The van der Waals surface area contributed by atoms with Crippen molar-refractivity contribution in [3.05, 3.63) is 66.6 Å². The first kappa shape index (κ1) is 29.0. The Kier molecular flexibility index (Phi) is 8.97. The number of aromatic nitrogens is 2. The van der Waals surface area contributed by atoms with Crippen LogP contribution in [0.2, 0.25) is 0 Å². The number of sulfonamides is 1. The largest absolute Gasteiger partial charge is 0.367 e. The van der Waals surface area contributed by atoms with E-state index < -0.39 is 21.9 Å². The van der Waals surface area contributed by atoms with Crippen molar-refractivity contribution in [2.75, 3.05) is 32.0 Å². The van der Waals surface area contributed by atoms with Gasteiger partial charge in [-0.1, -0.05) is 0 Å². The summed E-state index contributed by atoms with van der Waals surface area (Å²) in [7, 11) is -1.72. The molecule has 3 aromatic rings. The molecule has 1 aliphatic rings. The average molecular weight is 558 g/mol. The van der Waals surface area contributed by atoms with Crippen molar-refractivity contribution in [2.24, 2.45) is 0 Å². The smallest absolute Gasteiger partial charge is 0.243 e. The molecule has 11 heteroatoms. The van der Waals surface area contributed by atoms with Gasteiger partial charge in [0.15, 0.2) is 6.29 Å². The molecule has 9 nitrogen and oxygen atoms in total. The third kappa shape index (κ3) is 7.80. The minimum atomic E-state index is -3.64. The van der Waals surface area contributed by atoms with Crippen LogP contribution in [-0.2, 0) is 14.8 Å². The second-order valence-electron chi connectivity index (χ2n) is 10.7. The summed E-state index contributed by atoms with van der Waals surface area (Å²) in [5, 5.41) is 13.3. The lowest BCUT2D eigenvalue weighted by molar-refractivity contribution is -0.175. The number of rotatable bonds is 9. The first-order valence-electron chi connectivity index (χ1n) is 12.9. The van der Waals surface area contributed by atoms with Crippen molar-refractivity contribution >= 4 is 21.7 Å². The van der Waals surface area contributed by atoms with Gasteiger partial charge in [-0.2, -0.15) is 4.31 Å². The van der Waals surface area contributed by atoms with Gasteiger partial charge in [-0.15, -0.1) is 0 Å². The predicted molar refractivity (Wildman–Crippen MR) is 148 cm³/mol. The van der Waals surface area contributed by atoms with Gasteiger partial charge in [-0.3, -0.25) is 4.90 Å². The molecule has 0 aliphatic carbocycles. The van der Waals surface area contributed by atoms with Gasteiger partial charge in [0.25, 0.3) is 0 Å². The molecule has 4 rings (SSSR count). The number of nitrogens with zero attached hydrogens (tertiary/aromatic N) is 4. The van der Waals surface area contributed by atoms with Crippen LogP contribution < -0.4 is 5.32 Å². The van der Waals surface area contributed by atoms with E-state index in [1.165, 1.54) is 16.4 Å². The number of likely N-dealkylation sites (N-methyl/N-ethyl adjacent to an activating group) is 1. The summed E-state index contributed by atoms with van der Waals surface area (Å²) in [5.41, 5.74) is 1.59. The topological polar surface area (TPSA) is 108 Å². The molecular formula is C28H36FN5O4S. The summed E-state index contributed by atoms with van der Waals surface area (Å²) in [6, 6.07) is 14.4. The fourth-order valence-electron chi connectivity index (χ4n) is 4.55. The maximum absolute atomic E-state index is 13.3. The van der Waals surface area contributed by atoms with Crippen molar-refractivity contribution in [3.63, 3.8) is 0 Å². The molecule has 0 spiro atoms. The number of anilines is 2. The summed E-state index contributed by atoms with van der Waals surface area (Å²) in [6.07, 6.45) is 2.03. The van der Waals surface area contributed by atoms with E-state index >= 15 is 0 Å². The van der Waals surface area contributed by atoms with Gasteiger partial charge >= 0.3 is 0 Å². The van der Waals surface area contributed by atoms with Crippen LogP contribution in [0, 0.1) is 5.82 Å². The molecule has 0 amide bonds. The van der Waals surface area contributed by atoms with Crippen LogP contribution in [0.5, 0.6) is 0 Å². The van der Waals surface area contributed by atoms with Crippen LogP contribution >= 0.6 is 0 Å². The average Bonchev–Trinajstić information content (AvgIpc) is 2.88. The number of hydrogen-bond acceptors (Lipinski definition) is 8. The second-order valence-corrected chi connectivity index (χ2v) is 12.6. The van der Waals surface area contributed by atoms with Crippen molar-refractivity contribution < 1.29 is 22.7 Å². The van der Waals surface area contributed by atoms with E-state index in [4.69, 9.17) is 4.74 Å². The van der Waals surface area contributed by atoms with E-state index in [1.807, 2.05) is 32.7 Å². The molecule has 0 saturated carbocycles. The monoisotopic (exact) mass is 557 g/mol. The zero-order chi connectivity index (χ0) is 28.2. The van der Waals surface area contributed by atoms with E-state index in [0.717, 1.165) is 5.56 Å². The molecular weight excluding hydrogens is 521 g/mol. The number of benzene rings is 2. The molecule has 210 valence electrons. The van der Waals surface area contributed by atoms with Crippen molar-refractivity contribution in [2.45, 2.75) is 56.4 Å². The highest BCUT2D eigenvalue weighted by molar-refractivity contribution is 7.89. The Hall–Kier alpha value is -2.96. The molecule has 2 aromatic carbocycles. The third-order valence-corrected chi connectivity index (χ3v) is 8.44. The SMILES string of the molecule is CN(CC(O)OC(C)(C)C)C1CCN(S(=O)(=O)c2ccc(Nc3nccc(-c4ccc(F)cc4)n3)cc2)CC1. The highest BCUT2D eigenvalue weighted by Crippen LogP contribution is 2.25. The molecule has 1 aliphatic heterocycles. The zero-order valence-corrected chi connectivity index (χ0v) is 23.5. The van der Waals surface area contributed by atoms with Crippen LogP contribution in [0.4, 0.5) is 16.0 Å². The van der Waals surface area contributed by atoms with Crippen molar-refractivity contribution in [3.8, 4) is 11.3 Å². The maximum atomic E-state index is 13.3. The Bertz CT molecular complexity index is 1340. The predicted octanol–water partition coefficient (Wildman–Crippen LogP) is 4.24. The Morgan fingerprint density at radius 2 is 1.74 bits per heavy atom. The fraction of sp³-hybridized carbons (Fsp3) is 0.429. The van der Waals surface area contributed by atoms with Crippen molar-refractivity contribution in [1.29, 1.82) is 0 Å². The second kappa shape index (κ2) is 12.1. The highest BCUT2D eigenvalue weighted by Gasteiger charge is 2.31. The van der Waals surface area contributed by atoms with Crippen LogP contribution in [0.1, 0.15) is 33.6 Å². The number of ether oxygens (including phenoxy) is 1. The van der Waals surface area contributed by atoms with E-state index in [-0.39, 0.29) is 16.8 Å². The number of aliphatic hydroxyl groups is 1. The Morgan fingerprint density at radius 1 is 1.10 bits per heavy atom. The third-order valence-electron chi connectivity index (χ3n) is 6.52. The fourth-order valence-corrected chi connectivity index (χ4v) is 6.02. The molecule has 1 fully saturated rings. The number of hydrogen-bond donors (Lipinski definition) is 2. The Balaban J connectivity index is 1.34. The summed E-state index contributed by atoms with van der Waals surface area (Å²) in [6.45, 7) is 6.84. The molecule has 2 heterocycles. The summed E-state index contributed by atoms with van der Waals surface area (Å²) >= 11 is 0. The van der Waals surface area contributed by atoms with Crippen molar-refractivity contribution in [1.82, 2.24) is 19.2 Å². The van der Waals surface area contributed by atoms with Gasteiger partial charge in [0.1, 0.15) is 5.82 Å². The standard InChI is InChI=1S/C28H36FN5O4S/c1-28(2,3)38-26(35)19-33(4)23-14-17-34(18-15-23)39(36,37)24-11-9-22(10-12-24)31-27-30-16-13-25(32-27)20-5-7-21(29)8-6-20/h5-13,16,23,26,35H,14-15,17-19H2,1-4H3,(H,30,31,32). The zero-order valence-electron chi connectivity index (χ0n) is 22.7. The first-order valence-corrected chi connectivity index (χ1v) is 14.4. The lowest BCUT2D eigenvalue weighted by Crippen LogP contribution is -2.48. The van der Waals surface area contributed by atoms with E-state index in [1.54, 1.807) is 48.7 Å². The molecule has 1 aromatic heterocycles. The molecule has 1 atom stereocenters. The molecule has 1 saturated heterocycles. The summed E-state index contributed by atoms with van der Waals surface area (Å²) < 4.78 is 46.9. The van der Waals surface area contributed by atoms with E-state index in [9.17, 15) is 17.9 Å². The number of aliphatic hydroxyl groups excluding tert-OH is 1.